The molecule has 1 aliphatic rings. The van der Waals surface area contributed by atoms with Gasteiger partial charge in [0.15, 0.2) is 0 Å². The number of amidine groups is 1. The van der Waals surface area contributed by atoms with Crippen LogP contribution in [0, 0.1) is 5.41 Å². The molecule has 2 atom stereocenters. The topological polar surface area (TPSA) is 62.3 Å². The zero-order chi connectivity index (χ0) is 12.8. The second kappa shape index (κ2) is 6.97. The third-order valence-corrected chi connectivity index (χ3v) is 3.70. The number of methoxy groups -OCH3 is 1. The van der Waals surface area contributed by atoms with Crippen LogP contribution in [0.3, 0.4) is 0 Å². The van der Waals surface area contributed by atoms with E-state index in [2.05, 4.69) is 18.7 Å². The van der Waals surface area contributed by atoms with Crippen molar-refractivity contribution in [2.45, 2.75) is 64.1 Å². The normalized spacial score (nSPS) is 25.5. The highest BCUT2D eigenvalue weighted by Crippen LogP contribution is 2.26. The van der Waals surface area contributed by atoms with Gasteiger partial charge in [-0.25, -0.2) is 0 Å². The molecule has 0 radical (unpaired) electrons. The van der Waals surface area contributed by atoms with Gasteiger partial charge in [0.1, 0.15) is 0 Å². The van der Waals surface area contributed by atoms with Crippen molar-refractivity contribution < 1.29 is 4.74 Å². The number of ether oxygens (including phenoxy) is 1. The molecule has 1 fully saturated rings. The van der Waals surface area contributed by atoms with Gasteiger partial charge in [-0.1, -0.05) is 0 Å². The Balaban J connectivity index is 2.53. The van der Waals surface area contributed by atoms with Gasteiger partial charge in [-0.2, -0.15) is 0 Å². The van der Waals surface area contributed by atoms with E-state index in [9.17, 15) is 0 Å². The molecule has 0 aromatic rings. The van der Waals surface area contributed by atoms with Crippen LogP contribution in [0.4, 0.5) is 0 Å². The van der Waals surface area contributed by atoms with E-state index >= 15 is 0 Å². The fourth-order valence-electron chi connectivity index (χ4n) is 2.75. The molecule has 0 saturated heterocycles. The van der Waals surface area contributed by atoms with Crippen molar-refractivity contribution in [3.63, 3.8) is 0 Å². The van der Waals surface area contributed by atoms with Gasteiger partial charge in [0.25, 0.3) is 0 Å². The van der Waals surface area contributed by atoms with E-state index < -0.39 is 0 Å². The molecule has 1 rings (SSSR count). The monoisotopic (exact) mass is 241 g/mol. The third kappa shape index (κ3) is 4.64. The van der Waals surface area contributed by atoms with Gasteiger partial charge in [-0.3, -0.25) is 10.3 Å². The van der Waals surface area contributed by atoms with Gasteiger partial charge in [0.05, 0.1) is 11.9 Å². The van der Waals surface area contributed by atoms with E-state index in [1.54, 1.807) is 0 Å². The lowest BCUT2D eigenvalue weighted by molar-refractivity contribution is 0.0197. The number of hydrogen-bond donors (Lipinski definition) is 2. The van der Waals surface area contributed by atoms with Gasteiger partial charge in [-0.05, 0) is 39.5 Å². The molecule has 4 nitrogen and oxygen atoms in total. The number of rotatable bonds is 6. The maximum absolute atomic E-state index is 7.34. The van der Waals surface area contributed by atoms with E-state index in [4.69, 9.17) is 15.9 Å². The molecule has 0 amide bonds. The van der Waals surface area contributed by atoms with Crippen LogP contribution in [0.25, 0.3) is 0 Å². The van der Waals surface area contributed by atoms with Crippen LogP contribution in [0.15, 0.2) is 0 Å². The van der Waals surface area contributed by atoms with Crippen molar-refractivity contribution >= 4 is 5.84 Å². The number of nitrogens with one attached hydrogen (secondary N) is 1. The molecule has 2 unspecified atom stereocenters. The van der Waals surface area contributed by atoms with E-state index in [1.165, 1.54) is 19.3 Å². The van der Waals surface area contributed by atoms with E-state index in [0.717, 1.165) is 13.0 Å². The van der Waals surface area contributed by atoms with Gasteiger partial charge in [0, 0.05) is 32.2 Å². The van der Waals surface area contributed by atoms with Gasteiger partial charge in [0.2, 0.25) is 0 Å². The van der Waals surface area contributed by atoms with Crippen molar-refractivity contribution in [1.82, 2.24) is 4.90 Å². The SMILES string of the molecule is COC1CCCC(N(CCC(=N)N)C(C)C)C1. The largest absolute Gasteiger partial charge is 0.388 e. The van der Waals surface area contributed by atoms with Crippen LogP contribution in [-0.2, 0) is 4.74 Å². The highest BCUT2D eigenvalue weighted by atomic mass is 16.5. The van der Waals surface area contributed by atoms with Gasteiger partial charge in [-0.15, -0.1) is 0 Å². The summed E-state index contributed by atoms with van der Waals surface area (Å²) < 4.78 is 5.48. The minimum Gasteiger partial charge on any atom is -0.388 e. The molecule has 0 aromatic carbocycles. The average Bonchev–Trinajstić information content (AvgIpc) is 2.28. The average molecular weight is 241 g/mol. The molecule has 17 heavy (non-hydrogen) atoms. The number of hydrogen-bond acceptors (Lipinski definition) is 3. The Morgan fingerprint density at radius 2 is 2.18 bits per heavy atom. The molecule has 0 aromatic heterocycles. The number of nitrogens with zero attached hydrogens (tertiary/aromatic N) is 1. The first-order chi connectivity index (χ1) is 8.04. The van der Waals surface area contributed by atoms with E-state index in [-0.39, 0.29) is 5.84 Å². The summed E-state index contributed by atoms with van der Waals surface area (Å²) in [6.45, 7) is 5.33. The third-order valence-electron chi connectivity index (χ3n) is 3.70. The summed E-state index contributed by atoms with van der Waals surface area (Å²) in [6.07, 6.45) is 5.87. The molecule has 0 spiro atoms. The number of nitrogens with two attached hydrogens (primary N) is 1. The van der Waals surface area contributed by atoms with Crippen LogP contribution >= 0.6 is 0 Å². The summed E-state index contributed by atoms with van der Waals surface area (Å²) in [5.41, 5.74) is 5.46. The first-order valence-corrected chi connectivity index (χ1v) is 6.66. The molecule has 0 bridgehead atoms. The zero-order valence-electron chi connectivity index (χ0n) is 11.4. The van der Waals surface area contributed by atoms with Gasteiger partial charge >= 0.3 is 0 Å². The lowest BCUT2D eigenvalue weighted by Gasteiger charge is -2.39. The van der Waals surface area contributed by atoms with Crippen molar-refractivity contribution in [1.29, 1.82) is 5.41 Å². The van der Waals surface area contributed by atoms with Crippen LogP contribution in [-0.4, -0.2) is 42.6 Å². The van der Waals surface area contributed by atoms with Crippen molar-refractivity contribution in [3.8, 4) is 0 Å². The molecule has 3 N–H and O–H groups in total. The van der Waals surface area contributed by atoms with Crippen molar-refractivity contribution in [3.05, 3.63) is 0 Å². The Labute approximate surface area is 105 Å². The fourth-order valence-corrected chi connectivity index (χ4v) is 2.75. The summed E-state index contributed by atoms with van der Waals surface area (Å²) in [6, 6.07) is 1.10. The van der Waals surface area contributed by atoms with E-state index in [1.807, 2.05) is 7.11 Å². The Kier molecular flexibility index (Phi) is 5.92. The predicted octanol–water partition coefficient (Wildman–Crippen LogP) is 1.98. The maximum Gasteiger partial charge on any atom is 0.0918 e. The lowest BCUT2D eigenvalue weighted by atomic mass is 9.91. The van der Waals surface area contributed by atoms with Crippen molar-refractivity contribution in [2.75, 3.05) is 13.7 Å². The smallest absolute Gasteiger partial charge is 0.0918 e. The van der Waals surface area contributed by atoms with Crippen LogP contribution < -0.4 is 5.73 Å². The highest BCUT2D eigenvalue weighted by molar-refractivity contribution is 5.76. The first-order valence-electron chi connectivity index (χ1n) is 6.66. The van der Waals surface area contributed by atoms with Gasteiger partial charge < -0.3 is 10.5 Å². The lowest BCUT2D eigenvalue weighted by Crippen LogP contribution is -2.45. The molecular formula is C13H27N3O. The molecular weight excluding hydrogens is 214 g/mol. The van der Waals surface area contributed by atoms with E-state index in [0.29, 0.717) is 24.6 Å². The predicted molar refractivity (Wildman–Crippen MR) is 71.4 cm³/mol. The Hall–Kier alpha value is -0.610. The molecule has 100 valence electrons. The standard InChI is InChI=1S/C13H27N3O/c1-10(2)16(8-7-13(14)15)11-5-4-6-12(9-11)17-3/h10-12H,4-9H2,1-3H3,(H3,14,15). The maximum atomic E-state index is 7.34. The summed E-state index contributed by atoms with van der Waals surface area (Å²) in [7, 11) is 1.81. The Morgan fingerprint density at radius 3 is 2.71 bits per heavy atom. The minimum atomic E-state index is 0.287. The minimum absolute atomic E-state index is 0.287. The quantitative estimate of drug-likeness (QED) is 0.552. The second-order valence-electron chi connectivity index (χ2n) is 5.28. The van der Waals surface area contributed by atoms with Crippen molar-refractivity contribution in [2.24, 2.45) is 5.73 Å². The Morgan fingerprint density at radius 1 is 1.47 bits per heavy atom. The van der Waals surface area contributed by atoms with Crippen LogP contribution in [0.5, 0.6) is 0 Å². The summed E-state index contributed by atoms with van der Waals surface area (Å²) in [4.78, 5) is 2.48. The summed E-state index contributed by atoms with van der Waals surface area (Å²) in [5.74, 6) is 0.287. The molecule has 0 aliphatic heterocycles. The molecule has 4 heteroatoms. The summed E-state index contributed by atoms with van der Waals surface area (Å²) in [5, 5.41) is 7.34. The zero-order valence-corrected chi connectivity index (χ0v) is 11.4. The molecule has 1 saturated carbocycles. The van der Waals surface area contributed by atoms with Crippen LogP contribution in [0.1, 0.15) is 46.0 Å². The molecule has 0 heterocycles. The second-order valence-corrected chi connectivity index (χ2v) is 5.28. The highest BCUT2D eigenvalue weighted by Gasteiger charge is 2.27. The first kappa shape index (κ1) is 14.5. The summed E-state index contributed by atoms with van der Waals surface area (Å²) >= 11 is 0. The fraction of sp³-hybridized carbons (Fsp3) is 0.923. The Bertz CT molecular complexity index is 243. The van der Waals surface area contributed by atoms with Crippen LogP contribution in [0.2, 0.25) is 0 Å². The molecule has 1 aliphatic carbocycles.